The molecule has 2 atom stereocenters. The molecule has 6 heteroatoms. The Kier molecular flexibility index (Phi) is 3.09. The topological polar surface area (TPSA) is 72.2 Å². The van der Waals surface area contributed by atoms with Gasteiger partial charge in [0, 0.05) is 17.5 Å². The molecule has 0 spiro atoms. The highest BCUT2D eigenvalue weighted by molar-refractivity contribution is 7.91. The Labute approximate surface area is 99.9 Å². The molecule has 0 saturated heterocycles. The predicted molar refractivity (Wildman–Crippen MR) is 64.8 cm³/mol. The third-order valence-electron chi connectivity index (χ3n) is 2.86. The van der Waals surface area contributed by atoms with Gasteiger partial charge in [-0.25, -0.2) is 13.1 Å². The molecule has 1 heterocycles. The molecule has 1 aromatic rings. The maximum atomic E-state index is 12.0. The number of thiophene rings is 1. The molecule has 2 rings (SSSR count). The first-order valence-electron chi connectivity index (χ1n) is 5.25. The van der Waals surface area contributed by atoms with Gasteiger partial charge in [-0.3, -0.25) is 0 Å². The van der Waals surface area contributed by atoms with Crippen molar-refractivity contribution < 1.29 is 8.42 Å². The van der Waals surface area contributed by atoms with Crippen molar-refractivity contribution in [1.82, 2.24) is 4.72 Å². The van der Waals surface area contributed by atoms with Crippen molar-refractivity contribution in [3.05, 3.63) is 16.5 Å². The molecular formula is C10H16N2O2S2. The SMILES string of the molecule is Cc1cc(S(=O)(=O)NC2CC2C)sc1CN. The second-order valence-electron chi connectivity index (χ2n) is 4.32. The first-order valence-corrected chi connectivity index (χ1v) is 7.55. The van der Waals surface area contributed by atoms with E-state index in [0.717, 1.165) is 16.9 Å². The molecule has 1 aromatic heterocycles. The average molecular weight is 260 g/mol. The van der Waals surface area contributed by atoms with Crippen LogP contribution in [0.2, 0.25) is 0 Å². The average Bonchev–Trinajstić information content (AvgIpc) is 2.74. The molecule has 0 radical (unpaired) electrons. The fraction of sp³-hybridized carbons (Fsp3) is 0.600. The summed E-state index contributed by atoms with van der Waals surface area (Å²) in [4.78, 5) is 0.934. The minimum absolute atomic E-state index is 0.119. The van der Waals surface area contributed by atoms with Gasteiger partial charge in [0.25, 0.3) is 0 Å². The number of hydrogen-bond acceptors (Lipinski definition) is 4. The van der Waals surface area contributed by atoms with Crippen LogP contribution in [0.25, 0.3) is 0 Å². The minimum atomic E-state index is -3.33. The summed E-state index contributed by atoms with van der Waals surface area (Å²) >= 11 is 1.26. The summed E-state index contributed by atoms with van der Waals surface area (Å²) < 4.78 is 27.0. The summed E-state index contributed by atoms with van der Waals surface area (Å²) in [5.74, 6) is 0.463. The molecule has 0 aliphatic heterocycles. The highest BCUT2D eigenvalue weighted by Crippen LogP contribution is 2.32. The third kappa shape index (κ3) is 2.29. The lowest BCUT2D eigenvalue weighted by Crippen LogP contribution is -2.26. The lowest BCUT2D eigenvalue weighted by molar-refractivity contribution is 0.580. The summed E-state index contributed by atoms with van der Waals surface area (Å²) in [6.45, 7) is 4.32. The highest BCUT2D eigenvalue weighted by atomic mass is 32.2. The van der Waals surface area contributed by atoms with E-state index in [1.165, 1.54) is 11.3 Å². The Morgan fingerprint density at radius 3 is 2.69 bits per heavy atom. The molecule has 3 N–H and O–H groups in total. The Bertz CT molecular complexity index is 493. The Hall–Kier alpha value is -0.430. The number of hydrogen-bond donors (Lipinski definition) is 2. The summed E-state index contributed by atoms with van der Waals surface area (Å²) in [6.07, 6.45) is 0.938. The first-order chi connectivity index (χ1) is 7.44. The maximum Gasteiger partial charge on any atom is 0.250 e. The fourth-order valence-electron chi connectivity index (χ4n) is 1.57. The van der Waals surface area contributed by atoms with Crippen LogP contribution in [-0.4, -0.2) is 14.5 Å². The number of nitrogens with one attached hydrogen (secondary N) is 1. The third-order valence-corrected chi connectivity index (χ3v) is 6.09. The van der Waals surface area contributed by atoms with Crippen LogP contribution < -0.4 is 10.5 Å². The largest absolute Gasteiger partial charge is 0.326 e. The zero-order chi connectivity index (χ0) is 11.9. The molecule has 4 nitrogen and oxygen atoms in total. The van der Waals surface area contributed by atoms with Crippen LogP contribution in [0.4, 0.5) is 0 Å². The summed E-state index contributed by atoms with van der Waals surface area (Å²) in [7, 11) is -3.33. The van der Waals surface area contributed by atoms with Crippen molar-refractivity contribution in [2.24, 2.45) is 11.7 Å². The van der Waals surface area contributed by atoms with Gasteiger partial charge in [0.2, 0.25) is 10.0 Å². The Balaban J connectivity index is 2.21. The van der Waals surface area contributed by atoms with Gasteiger partial charge in [-0.1, -0.05) is 6.92 Å². The van der Waals surface area contributed by atoms with Crippen molar-refractivity contribution in [3.8, 4) is 0 Å². The van der Waals surface area contributed by atoms with Crippen molar-refractivity contribution in [2.45, 2.75) is 37.1 Å². The molecule has 1 aliphatic carbocycles. The van der Waals surface area contributed by atoms with Gasteiger partial charge in [0.05, 0.1) is 0 Å². The van der Waals surface area contributed by atoms with E-state index in [2.05, 4.69) is 4.72 Å². The number of sulfonamides is 1. The fourth-order valence-corrected chi connectivity index (χ4v) is 4.41. The van der Waals surface area contributed by atoms with Gasteiger partial charge in [0.15, 0.2) is 0 Å². The van der Waals surface area contributed by atoms with E-state index in [1.807, 2.05) is 13.8 Å². The quantitative estimate of drug-likeness (QED) is 0.854. The van der Waals surface area contributed by atoms with E-state index in [0.29, 0.717) is 16.7 Å². The van der Waals surface area contributed by atoms with Gasteiger partial charge >= 0.3 is 0 Å². The lowest BCUT2D eigenvalue weighted by atomic mass is 10.3. The summed E-state index contributed by atoms with van der Waals surface area (Å²) in [6, 6.07) is 1.82. The Morgan fingerprint density at radius 1 is 1.62 bits per heavy atom. The van der Waals surface area contributed by atoms with Crippen LogP contribution in [0.3, 0.4) is 0 Å². The summed E-state index contributed by atoms with van der Waals surface area (Å²) in [5.41, 5.74) is 6.49. The molecule has 90 valence electrons. The number of aryl methyl sites for hydroxylation is 1. The molecule has 2 unspecified atom stereocenters. The second kappa shape index (κ2) is 4.10. The van der Waals surface area contributed by atoms with Gasteiger partial charge in [-0.2, -0.15) is 0 Å². The van der Waals surface area contributed by atoms with Gasteiger partial charge < -0.3 is 5.73 Å². The smallest absolute Gasteiger partial charge is 0.250 e. The highest BCUT2D eigenvalue weighted by Gasteiger charge is 2.36. The maximum absolute atomic E-state index is 12.0. The number of rotatable bonds is 4. The molecule has 1 aliphatic rings. The monoisotopic (exact) mass is 260 g/mol. The van der Waals surface area contributed by atoms with E-state index in [9.17, 15) is 8.42 Å². The number of nitrogens with two attached hydrogens (primary N) is 1. The van der Waals surface area contributed by atoms with Gasteiger partial charge in [0.1, 0.15) is 4.21 Å². The van der Waals surface area contributed by atoms with E-state index < -0.39 is 10.0 Å². The predicted octanol–water partition coefficient (Wildman–Crippen LogP) is 1.20. The zero-order valence-corrected chi connectivity index (χ0v) is 11.0. The van der Waals surface area contributed by atoms with E-state index in [1.54, 1.807) is 6.07 Å². The first kappa shape index (κ1) is 12.0. The Morgan fingerprint density at radius 2 is 2.25 bits per heavy atom. The van der Waals surface area contributed by atoms with Crippen molar-refractivity contribution in [1.29, 1.82) is 0 Å². The summed E-state index contributed by atoms with van der Waals surface area (Å²) in [5, 5.41) is 0. The standard InChI is InChI=1S/C10H16N2O2S2/c1-6-3-8(6)12-16(13,14)10-4-7(2)9(5-11)15-10/h4,6,8,12H,3,5,11H2,1-2H3. The lowest BCUT2D eigenvalue weighted by Gasteiger charge is -2.02. The van der Waals surface area contributed by atoms with Crippen LogP contribution in [-0.2, 0) is 16.6 Å². The van der Waals surface area contributed by atoms with Gasteiger partial charge in [-0.15, -0.1) is 11.3 Å². The van der Waals surface area contributed by atoms with Crippen LogP contribution >= 0.6 is 11.3 Å². The zero-order valence-electron chi connectivity index (χ0n) is 9.36. The molecule has 1 fully saturated rings. The van der Waals surface area contributed by atoms with Crippen LogP contribution in [0, 0.1) is 12.8 Å². The normalized spacial score (nSPS) is 24.7. The van der Waals surface area contributed by atoms with Crippen molar-refractivity contribution in [2.75, 3.05) is 0 Å². The molecular weight excluding hydrogens is 244 g/mol. The second-order valence-corrected chi connectivity index (χ2v) is 7.39. The van der Waals surface area contributed by atoms with Crippen molar-refractivity contribution >= 4 is 21.4 Å². The van der Waals surface area contributed by atoms with Crippen LogP contribution in [0.1, 0.15) is 23.8 Å². The van der Waals surface area contributed by atoms with E-state index in [-0.39, 0.29) is 6.04 Å². The molecule has 0 bridgehead atoms. The molecule has 0 aromatic carbocycles. The van der Waals surface area contributed by atoms with Crippen LogP contribution in [0.15, 0.2) is 10.3 Å². The van der Waals surface area contributed by atoms with E-state index >= 15 is 0 Å². The molecule has 1 saturated carbocycles. The molecule has 0 amide bonds. The molecule has 16 heavy (non-hydrogen) atoms. The minimum Gasteiger partial charge on any atom is -0.326 e. The van der Waals surface area contributed by atoms with Crippen LogP contribution in [0.5, 0.6) is 0 Å². The van der Waals surface area contributed by atoms with Crippen molar-refractivity contribution in [3.63, 3.8) is 0 Å². The van der Waals surface area contributed by atoms with Gasteiger partial charge in [-0.05, 0) is 30.9 Å². The van der Waals surface area contributed by atoms with E-state index in [4.69, 9.17) is 5.73 Å².